The summed E-state index contributed by atoms with van der Waals surface area (Å²) >= 11 is 0. The number of aliphatic carboxylic acids is 1. The fourth-order valence-electron chi connectivity index (χ4n) is 6.03. The Morgan fingerprint density at radius 3 is 2.41 bits per heavy atom. The normalized spacial score (nSPS) is 16.6. The highest BCUT2D eigenvalue weighted by Crippen LogP contribution is 2.35. The van der Waals surface area contributed by atoms with Gasteiger partial charge in [-0.2, -0.15) is 0 Å². The van der Waals surface area contributed by atoms with Gasteiger partial charge in [0.15, 0.2) is 4.90 Å². The number of piperazine rings is 1. The molecule has 2 aromatic heterocycles. The van der Waals surface area contributed by atoms with Gasteiger partial charge in [-0.05, 0) is 70.0 Å². The van der Waals surface area contributed by atoms with Crippen LogP contribution in [0, 0.1) is 11.2 Å². The van der Waals surface area contributed by atoms with Gasteiger partial charge in [0.05, 0.1) is 49.0 Å². The molecule has 0 saturated carbocycles. The summed E-state index contributed by atoms with van der Waals surface area (Å²) in [4.78, 5) is 27.3. The summed E-state index contributed by atoms with van der Waals surface area (Å²) in [5.74, 6) is -1.62. The van der Waals surface area contributed by atoms with Gasteiger partial charge in [-0.3, -0.25) is 23.9 Å². The molecule has 3 aromatic rings. The highest BCUT2D eigenvalue weighted by molar-refractivity contribution is 7.93. The number of rotatable bonds is 13. The fourth-order valence-corrected chi connectivity index (χ4v) is 7.62. The lowest BCUT2D eigenvalue weighted by molar-refractivity contribution is -0.147. The van der Waals surface area contributed by atoms with E-state index in [1.807, 2.05) is 11.0 Å². The van der Waals surface area contributed by atoms with Crippen molar-refractivity contribution in [3.05, 3.63) is 60.2 Å². The van der Waals surface area contributed by atoms with E-state index in [4.69, 9.17) is 9.47 Å². The van der Waals surface area contributed by atoms with E-state index >= 15 is 4.39 Å². The Bertz CT molecular complexity index is 1730. The number of benzene rings is 1. The number of anilines is 2. The van der Waals surface area contributed by atoms with E-state index in [0.717, 1.165) is 36.0 Å². The zero-order chi connectivity index (χ0) is 35.3. The van der Waals surface area contributed by atoms with Crippen LogP contribution in [0.2, 0.25) is 0 Å². The Balaban J connectivity index is 1.47. The van der Waals surface area contributed by atoms with Crippen LogP contribution in [0.4, 0.5) is 15.8 Å². The Morgan fingerprint density at radius 1 is 1.06 bits per heavy atom. The Hall–Kier alpha value is -3.85. The van der Waals surface area contributed by atoms with E-state index in [1.54, 1.807) is 26.1 Å². The molecule has 2 saturated heterocycles. The van der Waals surface area contributed by atoms with Crippen LogP contribution in [0.15, 0.2) is 53.7 Å². The molecule has 0 atom stereocenters. The standard InChI is InChI=1S/C35H47FN6O6S/c1-25(2)40-14-12-39(13-15-40)24-26-6-7-29(30(36)20-26)31-21-27(8-10-37-31)42(11-9-35(3,4)34(43)44)49(45,46)32-22-28(23-38-33(32)47-5)41-16-18-48-19-17-41/h6-8,10,20-23,25H,9,11-19,24H2,1-5H3,(H,43,44). The number of halogens is 1. The van der Waals surface area contributed by atoms with Gasteiger partial charge in [0.2, 0.25) is 5.88 Å². The number of aromatic nitrogens is 2. The average Bonchev–Trinajstić information content (AvgIpc) is 3.08. The molecule has 1 aromatic carbocycles. The number of hydrogen-bond donors (Lipinski definition) is 1. The van der Waals surface area contributed by atoms with Gasteiger partial charge < -0.3 is 19.5 Å². The van der Waals surface area contributed by atoms with Crippen molar-refractivity contribution in [1.82, 2.24) is 19.8 Å². The number of pyridine rings is 2. The first-order valence-electron chi connectivity index (χ1n) is 16.6. The highest BCUT2D eigenvalue weighted by atomic mass is 32.2. The van der Waals surface area contributed by atoms with Crippen molar-refractivity contribution in [2.24, 2.45) is 5.41 Å². The van der Waals surface area contributed by atoms with Crippen molar-refractivity contribution in [3.63, 3.8) is 0 Å². The summed E-state index contributed by atoms with van der Waals surface area (Å²) in [6, 6.07) is 10.1. The minimum absolute atomic E-state index is 0.00734. The predicted octanol–water partition coefficient (Wildman–Crippen LogP) is 4.35. The second-order valence-electron chi connectivity index (χ2n) is 13.4. The number of carbonyl (C=O) groups is 1. The molecule has 14 heteroatoms. The molecule has 5 rings (SSSR count). The number of carboxylic acid groups (broad SMARTS) is 1. The number of methoxy groups -OCH3 is 1. The van der Waals surface area contributed by atoms with Crippen molar-refractivity contribution >= 4 is 27.4 Å². The lowest BCUT2D eigenvalue weighted by Crippen LogP contribution is -2.48. The van der Waals surface area contributed by atoms with Crippen molar-refractivity contribution in [2.45, 2.75) is 51.6 Å². The summed E-state index contributed by atoms with van der Waals surface area (Å²) in [7, 11) is -3.04. The monoisotopic (exact) mass is 698 g/mol. The zero-order valence-corrected chi connectivity index (χ0v) is 29.7. The van der Waals surface area contributed by atoms with Gasteiger partial charge in [-0.15, -0.1) is 0 Å². The van der Waals surface area contributed by atoms with E-state index < -0.39 is 27.2 Å². The van der Waals surface area contributed by atoms with Gasteiger partial charge >= 0.3 is 5.97 Å². The molecule has 266 valence electrons. The van der Waals surface area contributed by atoms with Gasteiger partial charge in [-0.1, -0.05) is 6.07 Å². The Morgan fingerprint density at radius 2 is 1.78 bits per heavy atom. The van der Waals surface area contributed by atoms with E-state index in [2.05, 4.69) is 33.6 Å². The first-order valence-corrected chi connectivity index (χ1v) is 18.1. The third-order valence-corrected chi connectivity index (χ3v) is 11.2. The second kappa shape index (κ2) is 15.4. The molecular formula is C35H47FN6O6S. The second-order valence-corrected chi connectivity index (χ2v) is 15.3. The quantitative estimate of drug-likeness (QED) is 0.274. The van der Waals surface area contributed by atoms with Crippen molar-refractivity contribution in [3.8, 4) is 17.1 Å². The highest BCUT2D eigenvalue weighted by Gasteiger charge is 2.34. The molecule has 0 aliphatic carbocycles. The molecule has 2 fully saturated rings. The molecule has 49 heavy (non-hydrogen) atoms. The maximum atomic E-state index is 15.7. The van der Waals surface area contributed by atoms with Crippen molar-refractivity contribution in [2.75, 3.05) is 75.3 Å². The summed E-state index contributed by atoms with van der Waals surface area (Å²) < 4.78 is 56.8. The van der Waals surface area contributed by atoms with Crippen LogP contribution >= 0.6 is 0 Å². The number of nitrogens with zero attached hydrogens (tertiary/aromatic N) is 6. The maximum Gasteiger partial charge on any atom is 0.309 e. The third-order valence-electron chi connectivity index (χ3n) is 9.34. The minimum atomic E-state index is -4.38. The number of ether oxygens (including phenoxy) is 2. The molecule has 2 aliphatic heterocycles. The Labute approximate surface area is 288 Å². The van der Waals surface area contributed by atoms with Gasteiger partial charge in [0, 0.05) is 70.2 Å². The number of sulfonamides is 1. The molecule has 0 spiro atoms. The molecule has 0 radical (unpaired) electrons. The lowest BCUT2D eigenvalue weighted by Gasteiger charge is -2.36. The molecular weight excluding hydrogens is 651 g/mol. The zero-order valence-electron chi connectivity index (χ0n) is 28.9. The van der Waals surface area contributed by atoms with Crippen LogP contribution in [-0.2, 0) is 26.1 Å². The van der Waals surface area contributed by atoms with Gasteiger partial charge in [0.25, 0.3) is 10.0 Å². The van der Waals surface area contributed by atoms with Crippen LogP contribution in [0.3, 0.4) is 0 Å². The van der Waals surface area contributed by atoms with Gasteiger partial charge in [0.1, 0.15) is 5.82 Å². The predicted molar refractivity (Wildman–Crippen MR) is 186 cm³/mol. The lowest BCUT2D eigenvalue weighted by atomic mass is 9.89. The molecule has 0 amide bonds. The smallest absolute Gasteiger partial charge is 0.309 e. The van der Waals surface area contributed by atoms with Crippen molar-refractivity contribution < 1.29 is 32.2 Å². The molecule has 2 aliphatic rings. The number of carboxylic acids is 1. The third kappa shape index (κ3) is 8.48. The molecule has 1 N–H and O–H groups in total. The summed E-state index contributed by atoms with van der Waals surface area (Å²) in [6.07, 6.45) is 2.98. The van der Waals surface area contributed by atoms with Crippen LogP contribution in [0.5, 0.6) is 5.88 Å². The Kier molecular flexibility index (Phi) is 11.4. The fraction of sp³-hybridized carbons (Fsp3) is 0.514. The van der Waals surface area contributed by atoms with Gasteiger partial charge in [-0.25, -0.2) is 17.8 Å². The van der Waals surface area contributed by atoms with Crippen LogP contribution in [-0.4, -0.2) is 111 Å². The molecule has 0 unspecified atom stereocenters. The number of morpholine rings is 1. The molecule has 4 heterocycles. The van der Waals surface area contributed by atoms with Crippen LogP contribution in [0.1, 0.15) is 39.7 Å². The minimum Gasteiger partial charge on any atom is -0.481 e. The largest absolute Gasteiger partial charge is 0.481 e. The number of hydrogen-bond acceptors (Lipinski definition) is 10. The first kappa shape index (κ1) is 36.4. The SMILES string of the molecule is COc1ncc(N2CCOCC2)cc1S(=O)(=O)N(CCC(C)(C)C(=O)O)c1ccnc(-c2ccc(CN3CCN(C(C)C)CC3)cc2F)c1. The summed E-state index contributed by atoms with van der Waals surface area (Å²) in [5.41, 5.74) is 0.883. The van der Waals surface area contributed by atoms with Crippen LogP contribution < -0.4 is 13.9 Å². The van der Waals surface area contributed by atoms with E-state index in [9.17, 15) is 18.3 Å². The maximum absolute atomic E-state index is 15.7. The van der Waals surface area contributed by atoms with Crippen LogP contribution in [0.25, 0.3) is 11.3 Å². The van der Waals surface area contributed by atoms with Crippen molar-refractivity contribution in [1.29, 1.82) is 0 Å². The summed E-state index contributed by atoms with van der Waals surface area (Å²) in [5, 5.41) is 9.82. The molecule has 12 nitrogen and oxygen atoms in total. The van der Waals surface area contributed by atoms with E-state index in [1.165, 1.54) is 37.6 Å². The van der Waals surface area contributed by atoms with E-state index in [0.29, 0.717) is 44.6 Å². The topological polar surface area (TPSA) is 129 Å². The average molecular weight is 699 g/mol. The molecule has 0 bridgehead atoms. The first-order chi connectivity index (χ1) is 23.3. The van der Waals surface area contributed by atoms with E-state index in [-0.39, 0.29) is 40.7 Å². The summed E-state index contributed by atoms with van der Waals surface area (Å²) in [6.45, 7) is 13.8.